The molecule has 4 nitrogen and oxygen atoms in total. The molecule has 0 radical (unpaired) electrons. The number of thiazole rings is 1. The molecule has 0 atom stereocenters. The van der Waals surface area contributed by atoms with Gasteiger partial charge in [-0.25, -0.2) is 4.98 Å². The molecule has 2 aromatic carbocycles. The molecule has 94 valence electrons. The van der Waals surface area contributed by atoms with Crippen LogP contribution in [0, 0.1) is 0 Å². The lowest BCUT2D eigenvalue weighted by Crippen LogP contribution is -1.93. The summed E-state index contributed by atoms with van der Waals surface area (Å²) in [6, 6.07) is 13.3. The highest BCUT2D eigenvalue weighted by atomic mass is 32.1. The lowest BCUT2D eigenvalue weighted by Gasteiger charge is -2.00. The SMILES string of the molecule is Nc1ccc2nc(-c3cccc(NC=O)c3)sc2c1. The van der Waals surface area contributed by atoms with Gasteiger partial charge in [-0.1, -0.05) is 12.1 Å². The number of hydrogen-bond acceptors (Lipinski definition) is 4. The van der Waals surface area contributed by atoms with E-state index in [4.69, 9.17) is 5.73 Å². The molecular weight excluding hydrogens is 258 g/mol. The van der Waals surface area contributed by atoms with Gasteiger partial charge in [-0.05, 0) is 30.3 Å². The largest absolute Gasteiger partial charge is 0.399 e. The number of carbonyl (C=O) groups is 1. The van der Waals surface area contributed by atoms with Gasteiger partial charge in [0.2, 0.25) is 6.41 Å². The minimum atomic E-state index is 0.665. The number of carbonyl (C=O) groups excluding carboxylic acids is 1. The van der Waals surface area contributed by atoms with Crippen molar-refractivity contribution < 1.29 is 4.79 Å². The van der Waals surface area contributed by atoms with E-state index in [1.807, 2.05) is 42.5 Å². The van der Waals surface area contributed by atoms with Crippen LogP contribution in [0.2, 0.25) is 0 Å². The van der Waals surface area contributed by atoms with Crippen molar-refractivity contribution >= 4 is 39.3 Å². The number of nitrogens with zero attached hydrogens (tertiary/aromatic N) is 1. The van der Waals surface area contributed by atoms with Crippen molar-refractivity contribution in [2.45, 2.75) is 0 Å². The fraction of sp³-hybridized carbons (Fsp3) is 0. The fourth-order valence-electron chi connectivity index (χ4n) is 1.87. The van der Waals surface area contributed by atoms with Crippen molar-refractivity contribution in [3.8, 4) is 10.6 Å². The van der Waals surface area contributed by atoms with Gasteiger partial charge in [-0.2, -0.15) is 0 Å². The van der Waals surface area contributed by atoms with Crippen molar-refractivity contribution in [2.75, 3.05) is 11.1 Å². The highest BCUT2D eigenvalue weighted by Crippen LogP contribution is 2.32. The topological polar surface area (TPSA) is 68.0 Å². The van der Waals surface area contributed by atoms with Crippen LogP contribution >= 0.6 is 11.3 Å². The van der Waals surface area contributed by atoms with Gasteiger partial charge in [0.1, 0.15) is 5.01 Å². The first-order chi connectivity index (χ1) is 9.26. The first kappa shape index (κ1) is 11.7. The van der Waals surface area contributed by atoms with Crippen molar-refractivity contribution in [3.63, 3.8) is 0 Å². The number of hydrogen-bond donors (Lipinski definition) is 2. The Hall–Kier alpha value is -2.40. The minimum absolute atomic E-state index is 0.665. The van der Waals surface area contributed by atoms with Crippen LogP contribution in [-0.2, 0) is 4.79 Å². The van der Waals surface area contributed by atoms with E-state index >= 15 is 0 Å². The quantitative estimate of drug-likeness (QED) is 0.567. The Morgan fingerprint density at radius 3 is 2.95 bits per heavy atom. The Morgan fingerprint density at radius 2 is 2.11 bits per heavy atom. The summed E-state index contributed by atoms with van der Waals surface area (Å²) in [5, 5.41) is 3.55. The number of nitrogens with one attached hydrogen (secondary N) is 1. The van der Waals surface area contributed by atoms with Crippen LogP contribution in [0.5, 0.6) is 0 Å². The Balaban J connectivity index is 2.08. The molecule has 3 N–H and O–H groups in total. The normalized spacial score (nSPS) is 10.5. The van der Waals surface area contributed by atoms with Crippen LogP contribution in [0.3, 0.4) is 0 Å². The first-order valence-electron chi connectivity index (χ1n) is 5.73. The van der Waals surface area contributed by atoms with E-state index in [1.165, 1.54) is 0 Å². The molecule has 1 amide bonds. The second kappa shape index (κ2) is 4.70. The third-order valence-corrected chi connectivity index (χ3v) is 3.81. The van der Waals surface area contributed by atoms with Crippen molar-refractivity contribution in [2.24, 2.45) is 0 Å². The molecule has 0 bridgehead atoms. The number of amides is 1. The Bertz CT molecular complexity index is 751. The van der Waals surface area contributed by atoms with Crippen molar-refractivity contribution in [1.82, 2.24) is 4.98 Å². The maximum absolute atomic E-state index is 10.5. The predicted molar refractivity (Wildman–Crippen MR) is 79.2 cm³/mol. The Morgan fingerprint density at radius 1 is 1.21 bits per heavy atom. The van der Waals surface area contributed by atoms with Crippen LogP contribution in [-0.4, -0.2) is 11.4 Å². The van der Waals surface area contributed by atoms with Crippen LogP contribution in [0.25, 0.3) is 20.8 Å². The maximum atomic E-state index is 10.5. The van der Waals surface area contributed by atoms with Gasteiger partial charge < -0.3 is 11.1 Å². The molecule has 0 aliphatic heterocycles. The van der Waals surface area contributed by atoms with E-state index in [1.54, 1.807) is 11.3 Å². The summed E-state index contributed by atoms with van der Waals surface area (Å²) >= 11 is 1.58. The average molecular weight is 269 g/mol. The lowest BCUT2D eigenvalue weighted by molar-refractivity contribution is -0.105. The minimum Gasteiger partial charge on any atom is -0.399 e. The molecule has 1 heterocycles. The van der Waals surface area contributed by atoms with Crippen LogP contribution in [0.15, 0.2) is 42.5 Å². The molecule has 3 rings (SSSR count). The van der Waals surface area contributed by atoms with Gasteiger partial charge in [0, 0.05) is 16.9 Å². The standard InChI is InChI=1S/C14H11N3OS/c15-10-4-5-12-13(7-10)19-14(17-12)9-2-1-3-11(6-9)16-8-18/h1-8H,15H2,(H,16,18). The van der Waals surface area contributed by atoms with Crippen LogP contribution in [0.1, 0.15) is 0 Å². The summed E-state index contributed by atoms with van der Waals surface area (Å²) in [5.74, 6) is 0. The van der Waals surface area contributed by atoms with E-state index in [2.05, 4.69) is 10.3 Å². The molecule has 0 saturated carbocycles. The maximum Gasteiger partial charge on any atom is 0.211 e. The number of fused-ring (bicyclic) bond motifs is 1. The molecule has 0 aliphatic rings. The van der Waals surface area contributed by atoms with Crippen LogP contribution < -0.4 is 11.1 Å². The molecule has 1 aromatic heterocycles. The summed E-state index contributed by atoms with van der Waals surface area (Å²) in [4.78, 5) is 15.0. The lowest BCUT2D eigenvalue weighted by atomic mass is 10.2. The predicted octanol–water partition coefficient (Wildman–Crippen LogP) is 3.11. The van der Waals surface area contributed by atoms with Gasteiger partial charge in [-0.15, -0.1) is 11.3 Å². The zero-order valence-corrected chi connectivity index (χ0v) is 10.8. The number of benzene rings is 2. The molecular formula is C14H11N3OS. The summed E-state index contributed by atoms with van der Waals surface area (Å²) in [6.45, 7) is 0. The molecule has 3 aromatic rings. The molecule has 0 spiro atoms. The van der Waals surface area contributed by atoms with E-state index < -0.39 is 0 Å². The van der Waals surface area contributed by atoms with E-state index in [-0.39, 0.29) is 0 Å². The summed E-state index contributed by atoms with van der Waals surface area (Å²) in [7, 11) is 0. The number of anilines is 2. The zero-order valence-electron chi connectivity index (χ0n) is 9.96. The van der Waals surface area contributed by atoms with Crippen LogP contribution in [0.4, 0.5) is 11.4 Å². The molecule has 0 unspecified atom stereocenters. The van der Waals surface area contributed by atoms with Gasteiger partial charge in [0.25, 0.3) is 0 Å². The molecule has 19 heavy (non-hydrogen) atoms. The van der Waals surface area contributed by atoms with Gasteiger partial charge in [-0.3, -0.25) is 4.79 Å². The number of aromatic nitrogens is 1. The van der Waals surface area contributed by atoms with Crippen molar-refractivity contribution in [1.29, 1.82) is 0 Å². The second-order valence-electron chi connectivity index (χ2n) is 4.09. The summed E-state index contributed by atoms with van der Waals surface area (Å²) in [6.07, 6.45) is 0.665. The first-order valence-corrected chi connectivity index (χ1v) is 6.54. The molecule has 0 fully saturated rings. The van der Waals surface area contributed by atoms with Gasteiger partial charge in [0.15, 0.2) is 0 Å². The number of rotatable bonds is 3. The average Bonchev–Trinajstić information content (AvgIpc) is 2.82. The monoisotopic (exact) mass is 269 g/mol. The third-order valence-electron chi connectivity index (χ3n) is 2.75. The Labute approximate surface area is 113 Å². The summed E-state index contributed by atoms with van der Waals surface area (Å²) in [5.41, 5.74) is 9.17. The smallest absolute Gasteiger partial charge is 0.211 e. The number of nitrogen functional groups attached to an aromatic ring is 1. The number of nitrogens with two attached hydrogens (primary N) is 1. The highest BCUT2D eigenvalue weighted by molar-refractivity contribution is 7.21. The fourth-order valence-corrected chi connectivity index (χ4v) is 2.89. The van der Waals surface area contributed by atoms with Crippen molar-refractivity contribution in [3.05, 3.63) is 42.5 Å². The van der Waals surface area contributed by atoms with E-state index in [0.717, 1.165) is 32.2 Å². The Kier molecular flexibility index (Phi) is 2.89. The zero-order chi connectivity index (χ0) is 13.2. The molecule has 5 heteroatoms. The highest BCUT2D eigenvalue weighted by Gasteiger charge is 2.07. The van der Waals surface area contributed by atoms with Gasteiger partial charge >= 0.3 is 0 Å². The van der Waals surface area contributed by atoms with Gasteiger partial charge in [0.05, 0.1) is 10.2 Å². The third kappa shape index (κ3) is 2.28. The second-order valence-corrected chi connectivity index (χ2v) is 5.12. The summed E-state index contributed by atoms with van der Waals surface area (Å²) < 4.78 is 1.06. The van der Waals surface area contributed by atoms with E-state index in [9.17, 15) is 4.79 Å². The molecule has 0 aliphatic carbocycles. The molecule has 0 saturated heterocycles. The van der Waals surface area contributed by atoms with E-state index in [0.29, 0.717) is 6.41 Å².